The lowest BCUT2D eigenvalue weighted by Crippen LogP contribution is -1.98. The quantitative estimate of drug-likeness (QED) is 0.551. The van der Waals surface area contributed by atoms with E-state index in [9.17, 15) is 0 Å². The van der Waals surface area contributed by atoms with Gasteiger partial charge in [-0.05, 0) is 49.6 Å². The summed E-state index contributed by atoms with van der Waals surface area (Å²) in [5, 5.41) is 4.54. The SMILES string of the molecule is Cc1ccncc1-c1ccnn2c(-c3cccc(C)c3C)cnc12. The highest BCUT2D eigenvalue weighted by Crippen LogP contribution is 2.30. The molecule has 4 heteroatoms. The highest BCUT2D eigenvalue weighted by atomic mass is 15.3. The standard InChI is InChI=1S/C20H18N4/c1-13-5-4-6-16(15(13)3)19-12-22-20-17(8-10-23-24(19)20)18-11-21-9-7-14(18)2/h4-12H,1-3H3. The largest absolute Gasteiger partial charge is 0.264 e. The van der Waals surface area contributed by atoms with E-state index in [1.165, 1.54) is 16.7 Å². The minimum Gasteiger partial charge on any atom is -0.264 e. The van der Waals surface area contributed by atoms with Crippen molar-refractivity contribution in [2.75, 3.05) is 0 Å². The molecule has 3 aromatic heterocycles. The van der Waals surface area contributed by atoms with E-state index >= 15 is 0 Å². The van der Waals surface area contributed by atoms with Crippen molar-refractivity contribution in [2.24, 2.45) is 0 Å². The van der Waals surface area contributed by atoms with Crippen LogP contribution in [0.3, 0.4) is 0 Å². The summed E-state index contributed by atoms with van der Waals surface area (Å²) in [6.07, 6.45) is 7.42. The first kappa shape index (κ1) is 14.6. The molecule has 4 nitrogen and oxygen atoms in total. The van der Waals surface area contributed by atoms with Crippen molar-refractivity contribution in [1.29, 1.82) is 0 Å². The lowest BCUT2D eigenvalue weighted by atomic mass is 10.0. The second kappa shape index (κ2) is 5.57. The number of imidazole rings is 1. The summed E-state index contributed by atoms with van der Waals surface area (Å²) >= 11 is 0. The normalized spacial score (nSPS) is 11.1. The number of nitrogens with zero attached hydrogens (tertiary/aromatic N) is 4. The van der Waals surface area contributed by atoms with Crippen LogP contribution in [-0.2, 0) is 0 Å². The molecule has 0 N–H and O–H groups in total. The summed E-state index contributed by atoms with van der Waals surface area (Å²) in [7, 11) is 0. The molecule has 0 aliphatic rings. The van der Waals surface area contributed by atoms with Gasteiger partial charge in [-0.1, -0.05) is 18.2 Å². The Morgan fingerprint density at radius 1 is 0.792 bits per heavy atom. The number of hydrogen-bond acceptors (Lipinski definition) is 3. The van der Waals surface area contributed by atoms with Crippen LogP contribution in [0.2, 0.25) is 0 Å². The Kier molecular flexibility index (Phi) is 3.38. The zero-order chi connectivity index (χ0) is 16.7. The first-order valence-corrected chi connectivity index (χ1v) is 7.97. The summed E-state index contributed by atoms with van der Waals surface area (Å²) in [6, 6.07) is 10.3. The van der Waals surface area contributed by atoms with Crippen LogP contribution in [0.25, 0.3) is 28.0 Å². The fourth-order valence-electron chi connectivity index (χ4n) is 3.06. The smallest absolute Gasteiger partial charge is 0.162 e. The third-order valence-electron chi connectivity index (χ3n) is 4.61. The van der Waals surface area contributed by atoms with Crippen LogP contribution in [0.5, 0.6) is 0 Å². The lowest BCUT2D eigenvalue weighted by molar-refractivity contribution is 0.942. The summed E-state index contributed by atoms with van der Waals surface area (Å²) < 4.78 is 1.92. The number of benzene rings is 1. The molecule has 0 atom stereocenters. The Balaban J connectivity index is 1.98. The van der Waals surface area contributed by atoms with Crippen molar-refractivity contribution in [3.8, 4) is 22.4 Å². The van der Waals surface area contributed by atoms with Gasteiger partial charge < -0.3 is 0 Å². The Morgan fingerprint density at radius 2 is 1.67 bits per heavy atom. The molecule has 1 aromatic carbocycles. The maximum Gasteiger partial charge on any atom is 0.162 e. The second-order valence-corrected chi connectivity index (χ2v) is 6.06. The Morgan fingerprint density at radius 3 is 2.50 bits per heavy atom. The fraction of sp³-hybridized carbons (Fsp3) is 0.150. The Bertz CT molecular complexity index is 1050. The monoisotopic (exact) mass is 314 g/mol. The van der Waals surface area contributed by atoms with Gasteiger partial charge in [-0.25, -0.2) is 9.50 Å². The van der Waals surface area contributed by atoms with Crippen LogP contribution in [0.15, 0.2) is 55.1 Å². The van der Waals surface area contributed by atoms with Gasteiger partial charge in [0.15, 0.2) is 5.65 Å². The van der Waals surface area contributed by atoms with Crippen LogP contribution >= 0.6 is 0 Å². The number of rotatable bonds is 2. The van der Waals surface area contributed by atoms with Crippen LogP contribution in [0.4, 0.5) is 0 Å². The first-order valence-electron chi connectivity index (χ1n) is 7.97. The Labute approximate surface area is 140 Å². The van der Waals surface area contributed by atoms with Gasteiger partial charge in [-0.2, -0.15) is 5.10 Å². The van der Waals surface area contributed by atoms with Crippen molar-refractivity contribution < 1.29 is 0 Å². The van der Waals surface area contributed by atoms with Crippen LogP contribution in [0.1, 0.15) is 16.7 Å². The minimum absolute atomic E-state index is 0.851. The van der Waals surface area contributed by atoms with E-state index in [-0.39, 0.29) is 0 Å². The van der Waals surface area contributed by atoms with Crippen molar-refractivity contribution in [3.05, 3.63) is 71.8 Å². The molecule has 0 spiro atoms. The van der Waals surface area contributed by atoms with E-state index in [1.54, 1.807) is 0 Å². The van der Waals surface area contributed by atoms with Gasteiger partial charge in [-0.15, -0.1) is 0 Å². The highest BCUT2D eigenvalue weighted by Gasteiger charge is 2.14. The van der Waals surface area contributed by atoms with Crippen molar-refractivity contribution in [3.63, 3.8) is 0 Å². The van der Waals surface area contributed by atoms with Gasteiger partial charge in [-0.3, -0.25) is 4.98 Å². The number of pyridine rings is 1. The fourth-order valence-corrected chi connectivity index (χ4v) is 3.06. The van der Waals surface area contributed by atoms with Gasteiger partial charge in [0.25, 0.3) is 0 Å². The molecule has 4 aromatic rings. The maximum absolute atomic E-state index is 4.66. The molecule has 0 aliphatic carbocycles. The molecular formula is C20H18N4. The summed E-state index contributed by atoms with van der Waals surface area (Å²) in [5.41, 5.74) is 8.85. The molecule has 0 radical (unpaired) electrons. The maximum atomic E-state index is 4.66. The number of aryl methyl sites for hydroxylation is 2. The van der Waals surface area contributed by atoms with Gasteiger partial charge in [0.05, 0.1) is 11.9 Å². The molecule has 3 heterocycles. The van der Waals surface area contributed by atoms with E-state index in [2.05, 4.69) is 54.0 Å². The number of hydrogen-bond donors (Lipinski definition) is 0. The molecule has 24 heavy (non-hydrogen) atoms. The second-order valence-electron chi connectivity index (χ2n) is 6.06. The van der Waals surface area contributed by atoms with Crippen molar-refractivity contribution in [1.82, 2.24) is 19.6 Å². The number of aromatic nitrogens is 4. The average Bonchev–Trinajstić information content (AvgIpc) is 3.02. The summed E-state index contributed by atoms with van der Waals surface area (Å²) in [4.78, 5) is 8.92. The van der Waals surface area contributed by atoms with Crippen molar-refractivity contribution in [2.45, 2.75) is 20.8 Å². The van der Waals surface area contributed by atoms with E-state index in [1.807, 2.05) is 41.4 Å². The van der Waals surface area contributed by atoms with Gasteiger partial charge in [0.2, 0.25) is 0 Å². The first-order chi connectivity index (χ1) is 11.7. The molecule has 0 saturated heterocycles. The molecule has 0 amide bonds. The molecule has 0 fully saturated rings. The lowest BCUT2D eigenvalue weighted by Gasteiger charge is -2.09. The minimum atomic E-state index is 0.851. The zero-order valence-corrected chi connectivity index (χ0v) is 14.0. The molecule has 4 rings (SSSR count). The summed E-state index contributed by atoms with van der Waals surface area (Å²) in [6.45, 7) is 6.35. The van der Waals surface area contributed by atoms with Crippen LogP contribution in [-0.4, -0.2) is 19.6 Å². The van der Waals surface area contributed by atoms with Crippen LogP contribution < -0.4 is 0 Å². The highest BCUT2D eigenvalue weighted by molar-refractivity contribution is 5.81. The molecule has 0 aliphatic heterocycles. The number of fused-ring (bicyclic) bond motifs is 1. The van der Waals surface area contributed by atoms with Crippen molar-refractivity contribution >= 4 is 5.65 Å². The molecular weight excluding hydrogens is 296 g/mol. The van der Waals surface area contributed by atoms with Gasteiger partial charge in [0, 0.05) is 35.3 Å². The molecule has 118 valence electrons. The molecule has 0 saturated carbocycles. The predicted molar refractivity (Wildman–Crippen MR) is 95.9 cm³/mol. The third-order valence-corrected chi connectivity index (χ3v) is 4.61. The molecule has 0 unspecified atom stereocenters. The topological polar surface area (TPSA) is 43.1 Å². The predicted octanol–water partition coefficient (Wildman–Crippen LogP) is 4.38. The van der Waals surface area contributed by atoms with Crippen LogP contribution in [0, 0.1) is 20.8 Å². The van der Waals surface area contributed by atoms with E-state index in [4.69, 9.17) is 0 Å². The Hall–Kier alpha value is -3.01. The van der Waals surface area contributed by atoms with E-state index < -0.39 is 0 Å². The molecule has 0 bridgehead atoms. The van der Waals surface area contributed by atoms with E-state index in [0.717, 1.165) is 28.0 Å². The van der Waals surface area contributed by atoms with Gasteiger partial charge in [0.1, 0.15) is 0 Å². The average molecular weight is 314 g/mol. The van der Waals surface area contributed by atoms with E-state index in [0.29, 0.717) is 0 Å². The zero-order valence-electron chi connectivity index (χ0n) is 14.0. The summed E-state index contributed by atoms with van der Waals surface area (Å²) in [5.74, 6) is 0. The van der Waals surface area contributed by atoms with Gasteiger partial charge >= 0.3 is 0 Å². The third kappa shape index (κ3) is 2.19.